The number of pyridine rings is 1. The lowest BCUT2D eigenvalue weighted by atomic mass is 10.3. The molecule has 0 saturated carbocycles. The topological polar surface area (TPSA) is 88.6 Å². The molecule has 29 heavy (non-hydrogen) atoms. The molecule has 0 aliphatic heterocycles. The molecular weight excluding hydrogens is 410 g/mol. The van der Waals surface area contributed by atoms with Crippen molar-refractivity contribution in [2.24, 2.45) is 0 Å². The lowest BCUT2D eigenvalue weighted by molar-refractivity contribution is 0.0697. The highest BCUT2D eigenvalue weighted by Crippen LogP contribution is 2.20. The van der Waals surface area contributed by atoms with Gasteiger partial charge in [-0.05, 0) is 48.9 Å². The van der Waals surface area contributed by atoms with Gasteiger partial charge in [0.05, 0.1) is 12.2 Å². The third-order valence-electron chi connectivity index (χ3n) is 4.03. The number of carbonyl (C=O) groups excluding carboxylic acids is 2. The van der Waals surface area contributed by atoms with Crippen LogP contribution in [0.25, 0.3) is 0 Å². The van der Waals surface area contributed by atoms with Gasteiger partial charge in [0.1, 0.15) is 0 Å². The predicted molar refractivity (Wildman–Crippen MR) is 112 cm³/mol. The smallest absolute Gasteiger partial charge is 0.290 e. The number of nitrogens with one attached hydrogen (secondary N) is 1. The van der Waals surface area contributed by atoms with E-state index in [0.717, 1.165) is 5.69 Å². The lowest BCUT2D eigenvalue weighted by Gasteiger charge is -2.21. The summed E-state index contributed by atoms with van der Waals surface area (Å²) in [5, 5.41) is 4.12. The number of rotatable bonds is 9. The molecular formula is C20H21N3O4S2. The van der Waals surface area contributed by atoms with Crippen molar-refractivity contribution in [3.8, 4) is 0 Å². The molecule has 3 aromatic heterocycles. The van der Waals surface area contributed by atoms with E-state index in [2.05, 4.69) is 10.3 Å². The Balaban J connectivity index is 1.65. The Morgan fingerprint density at radius 2 is 1.69 bits per heavy atom. The minimum Gasteiger partial charge on any atom is -0.445 e. The minimum atomic E-state index is -0.321. The largest absolute Gasteiger partial charge is 0.445 e. The van der Waals surface area contributed by atoms with E-state index in [9.17, 15) is 9.59 Å². The van der Waals surface area contributed by atoms with Crippen molar-refractivity contribution in [3.63, 3.8) is 0 Å². The van der Waals surface area contributed by atoms with Crippen LogP contribution < -0.4 is 5.32 Å². The third-order valence-corrected chi connectivity index (χ3v) is 5.28. The molecule has 152 valence electrons. The van der Waals surface area contributed by atoms with Crippen molar-refractivity contribution in [1.82, 2.24) is 15.2 Å². The first-order valence-corrected chi connectivity index (χ1v) is 11.3. The maximum atomic E-state index is 12.9. The van der Waals surface area contributed by atoms with Gasteiger partial charge in [-0.3, -0.25) is 14.6 Å². The van der Waals surface area contributed by atoms with Crippen LogP contribution in [0, 0.1) is 0 Å². The second-order valence-corrected chi connectivity index (χ2v) is 7.57. The zero-order chi connectivity index (χ0) is 20.6. The van der Waals surface area contributed by atoms with Crippen molar-refractivity contribution in [3.05, 3.63) is 65.9 Å². The highest BCUT2D eigenvalue weighted by molar-refractivity contribution is 7.98. The van der Waals surface area contributed by atoms with Gasteiger partial charge in [0.15, 0.2) is 21.7 Å². The Bertz CT molecular complexity index is 956. The van der Waals surface area contributed by atoms with E-state index < -0.39 is 0 Å². The first-order valence-electron chi connectivity index (χ1n) is 8.85. The van der Waals surface area contributed by atoms with Crippen molar-refractivity contribution in [1.29, 1.82) is 0 Å². The summed E-state index contributed by atoms with van der Waals surface area (Å²) in [6.07, 6.45) is 5.43. The van der Waals surface area contributed by atoms with Gasteiger partial charge in [-0.2, -0.15) is 0 Å². The monoisotopic (exact) mass is 431 g/mol. The van der Waals surface area contributed by atoms with Gasteiger partial charge < -0.3 is 19.1 Å². The van der Waals surface area contributed by atoms with Crippen LogP contribution in [-0.2, 0) is 6.54 Å². The molecule has 9 heteroatoms. The number of carbonyl (C=O) groups is 2. The average Bonchev–Trinajstić information content (AvgIpc) is 3.42. The van der Waals surface area contributed by atoms with Crippen LogP contribution in [0.1, 0.15) is 26.8 Å². The predicted octanol–water partition coefficient (Wildman–Crippen LogP) is 3.78. The number of hydrogen-bond donors (Lipinski definition) is 1. The van der Waals surface area contributed by atoms with Gasteiger partial charge in [-0.1, -0.05) is 29.6 Å². The van der Waals surface area contributed by atoms with E-state index in [1.165, 1.54) is 23.5 Å². The van der Waals surface area contributed by atoms with Gasteiger partial charge in [0.25, 0.3) is 11.8 Å². The van der Waals surface area contributed by atoms with E-state index in [1.54, 1.807) is 35.4 Å². The lowest BCUT2D eigenvalue weighted by Crippen LogP contribution is -2.38. The number of aromatic nitrogens is 1. The minimum absolute atomic E-state index is 0.243. The van der Waals surface area contributed by atoms with Gasteiger partial charge in [-0.25, -0.2) is 0 Å². The molecule has 3 aromatic rings. The fourth-order valence-electron chi connectivity index (χ4n) is 2.58. The molecule has 0 atom stereocenters. The van der Waals surface area contributed by atoms with Crippen LogP contribution >= 0.6 is 23.5 Å². The summed E-state index contributed by atoms with van der Waals surface area (Å²) in [5.74, 6) is -0.0778. The normalized spacial score (nSPS) is 10.7. The van der Waals surface area contributed by atoms with E-state index >= 15 is 0 Å². The quantitative estimate of drug-likeness (QED) is 0.516. The molecule has 0 aliphatic carbocycles. The van der Waals surface area contributed by atoms with Gasteiger partial charge in [0, 0.05) is 19.3 Å². The Hall–Kier alpha value is -2.65. The highest BCUT2D eigenvalue weighted by Gasteiger charge is 2.21. The fraction of sp³-hybridized carbons (Fsp3) is 0.250. The van der Waals surface area contributed by atoms with E-state index in [-0.39, 0.29) is 29.9 Å². The summed E-state index contributed by atoms with van der Waals surface area (Å²) in [5.41, 5.74) is 0.750. The summed E-state index contributed by atoms with van der Waals surface area (Å²) in [4.78, 5) is 31.1. The first kappa shape index (κ1) is 21.1. The van der Waals surface area contributed by atoms with Crippen molar-refractivity contribution in [2.45, 2.75) is 16.7 Å². The fourth-order valence-corrected chi connectivity index (χ4v) is 3.34. The number of thioether (sulfide) groups is 2. The maximum Gasteiger partial charge on any atom is 0.290 e. The molecule has 7 nitrogen and oxygen atoms in total. The summed E-state index contributed by atoms with van der Waals surface area (Å²) >= 11 is 2.85. The summed E-state index contributed by atoms with van der Waals surface area (Å²) in [6, 6.07) is 12.3. The van der Waals surface area contributed by atoms with E-state index in [4.69, 9.17) is 8.83 Å². The van der Waals surface area contributed by atoms with Crippen LogP contribution in [0.5, 0.6) is 0 Å². The standard InChI is InChI=1S/C20H21N3O4S2/c1-28-17-8-6-15(26-17)19(24)22-11-12-23(13-14-5-3-4-10-21-14)20(25)16-7-9-18(27-16)29-2/h3-10H,11-13H2,1-2H3,(H,22,24). The molecule has 3 rings (SSSR count). The Morgan fingerprint density at radius 1 is 1.00 bits per heavy atom. The second-order valence-electron chi connectivity index (χ2n) is 5.95. The molecule has 0 aromatic carbocycles. The molecule has 0 unspecified atom stereocenters. The number of nitrogens with zero attached hydrogens (tertiary/aromatic N) is 2. The number of furan rings is 2. The van der Waals surface area contributed by atoms with Crippen LogP contribution in [0.2, 0.25) is 0 Å². The highest BCUT2D eigenvalue weighted by atomic mass is 32.2. The summed E-state index contributed by atoms with van der Waals surface area (Å²) in [7, 11) is 0. The Labute approximate surface area is 177 Å². The Kier molecular flexibility index (Phi) is 7.42. The zero-order valence-corrected chi connectivity index (χ0v) is 17.7. The van der Waals surface area contributed by atoms with E-state index in [1.807, 2.05) is 30.7 Å². The van der Waals surface area contributed by atoms with Crippen molar-refractivity contribution in [2.75, 3.05) is 25.6 Å². The second kappa shape index (κ2) is 10.2. The number of hydrogen-bond acceptors (Lipinski definition) is 7. The van der Waals surface area contributed by atoms with Gasteiger partial charge in [-0.15, -0.1) is 0 Å². The van der Waals surface area contributed by atoms with Crippen LogP contribution in [-0.4, -0.2) is 47.3 Å². The Morgan fingerprint density at radius 3 is 2.31 bits per heavy atom. The molecule has 0 radical (unpaired) electrons. The first-order chi connectivity index (χ1) is 14.1. The van der Waals surface area contributed by atoms with E-state index in [0.29, 0.717) is 23.3 Å². The van der Waals surface area contributed by atoms with Gasteiger partial charge >= 0.3 is 0 Å². The van der Waals surface area contributed by atoms with Crippen LogP contribution in [0.4, 0.5) is 0 Å². The molecule has 1 N–H and O–H groups in total. The van der Waals surface area contributed by atoms with Crippen LogP contribution in [0.3, 0.4) is 0 Å². The maximum absolute atomic E-state index is 12.9. The molecule has 0 aliphatic rings. The van der Waals surface area contributed by atoms with Crippen molar-refractivity contribution >= 4 is 35.3 Å². The molecule has 0 bridgehead atoms. The summed E-state index contributed by atoms with van der Waals surface area (Å²) in [6.45, 7) is 0.873. The molecule has 0 fully saturated rings. The zero-order valence-electron chi connectivity index (χ0n) is 16.1. The van der Waals surface area contributed by atoms with Gasteiger partial charge in [0.2, 0.25) is 0 Å². The molecule has 3 heterocycles. The molecule has 0 spiro atoms. The number of amides is 2. The third kappa shape index (κ3) is 5.68. The van der Waals surface area contributed by atoms with Crippen molar-refractivity contribution < 1.29 is 18.4 Å². The molecule has 0 saturated heterocycles. The average molecular weight is 432 g/mol. The van der Waals surface area contributed by atoms with Crippen LogP contribution in [0.15, 0.2) is 67.7 Å². The SMILES string of the molecule is CSc1ccc(C(=O)NCCN(Cc2ccccn2)C(=O)c2ccc(SC)o2)o1. The summed E-state index contributed by atoms with van der Waals surface area (Å²) < 4.78 is 11.0. The molecule has 2 amide bonds.